The van der Waals surface area contributed by atoms with Crippen LogP contribution < -0.4 is 5.73 Å². The number of nitrogens with two attached hydrogens (primary N) is 1. The quantitative estimate of drug-likeness (QED) is 0.734. The molecule has 2 heterocycles. The molecule has 0 saturated heterocycles. The van der Waals surface area contributed by atoms with Gasteiger partial charge in [0.1, 0.15) is 5.82 Å². The van der Waals surface area contributed by atoms with Crippen molar-refractivity contribution < 1.29 is 4.39 Å². The van der Waals surface area contributed by atoms with E-state index in [-0.39, 0.29) is 5.82 Å². The number of pyridine rings is 1. The second kappa shape index (κ2) is 3.96. The number of rotatable bonds is 1. The maximum absolute atomic E-state index is 12.8. The number of hydrogen-bond acceptors (Lipinski definition) is 3. The van der Waals surface area contributed by atoms with Crippen LogP contribution in [0.2, 0.25) is 5.02 Å². The molecule has 0 bridgehead atoms. The van der Waals surface area contributed by atoms with Gasteiger partial charge in [-0.2, -0.15) is 0 Å². The van der Waals surface area contributed by atoms with Crippen LogP contribution in [0.3, 0.4) is 0 Å². The number of fused-ring (bicyclic) bond motifs is 1. The number of benzene rings is 1. The Kier molecular flexibility index (Phi) is 2.41. The summed E-state index contributed by atoms with van der Waals surface area (Å²) in [5, 5.41) is 4.73. The molecule has 3 aromatic rings. The summed E-state index contributed by atoms with van der Waals surface area (Å²) in [6.45, 7) is 0. The molecule has 0 amide bonds. The summed E-state index contributed by atoms with van der Waals surface area (Å²) in [6, 6.07) is 7.55. The number of aromatic nitrogens is 3. The molecule has 0 atom stereocenters. The predicted octanol–water partition coefficient (Wildman–Crippen LogP) is 2.77. The zero-order valence-corrected chi connectivity index (χ0v) is 9.89. The van der Waals surface area contributed by atoms with Gasteiger partial charge in [0.05, 0.1) is 10.7 Å². The zero-order valence-electron chi connectivity index (χ0n) is 9.14. The number of halogens is 2. The van der Waals surface area contributed by atoms with Gasteiger partial charge in [-0.05, 0) is 30.3 Å². The van der Waals surface area contributed by atoms with Crippen molar-refractivity contribution in [3.05, 3.63) is 47.4 Å². The smallest absolute Gasteiger partial charge is 0.182 e. The fourth-order valence-corrected chi connectivity index (χ4v) is 1.91. The summed E-state index contributed by atoms with van der Waals surface area (Å²) >= 11 is 5.88. The van der Waals surface area contributed by atoms with Gasteiger partial charge in [0.25, 0.3) is 0 Å². The van der Waals surface area contributed by atoms with Crippen LogP contribution in [0, 0.1) is 5.82 Å². The third-order valence-electron chi connectivity index (χ3n) is 2.53. The highest BCUT2D eigenvalue weighted by Gasteiger charge is 2.09. The SMILES string of the molecule is Nc1cc(Cl)cn2nc(-c3ccc(F)cc3)nc12. The van der Waals surface area contributed by atoms with Gasteiger partial charge in [0, 0.05) is 11.8 Å². The first-order valence-electron chi connectivity index (χ1n) is 5.21. The molecule has 0 fully saturated rings. The molecular weight excluding hydrogens is 255 g/mol. The van der Waals surface area contributed by atoms with E-state index in [1.54, 1.807) is 24.4 Å². The van der Waals surface area contributed by atoms with Gasteiger partial charge >= 0.3 is 0 Å². The van der Waals surface area contributed by atoms with E-state index in [9.17, 15) is 4.39 Å². The number of nitrogen functional groups attached to an aromatic ring is 1. The van der Waals surface area contributed by atoms with E-state index in [4.69, 9.17) is 17.3 Å². The van der Waals surface area contributed by atoms with Crippen molar-refractivity contribution in [2.24, 2.45) is 0 Å². The fraction of sp³-hybridized carbons (Fsp3) is 0. The number of nitrogens with zero attached hydrogens (tertiary/aromatic N) is 3. The van der Waals surface area contributed by atoms with Gasteiger partial charge in [0.15, 0.2) is 11.5 Å². The van der Waals surface area contributed by atoms with E-state index in [0.717, 1.165) is 5.56 Å². The monoisotopic (exact) mass is 262 g/mol. The third kappa shape index (κ3) is 1.78. The minimum absolute atomic E-state index is 0.301. The summed E-state index contributed by atoms with van der Waals surface area (Å²) in [6.07, 6.45) is 1.62. The van der Waals surface area contributed by atoms with Gasteiger partial charge in [-0.3, -0.25) is 0 Å². The third-order valence-corrected chi connectivity index (χ3v) is 2.74. The van der Waals surface area contributed by atoms with Crippen LogP contribution in [-0.2, 0) is 0 Å². The Morgan fingerprint density at radius 3 is 2.67 bits per heavy atom. The number of anilines is 1. The predicted molar refractivity (Wildman–Crippen MR) is 67.8 cm³/mol. The molecule has 0 saturated carbocycles. The largest absolute Gasteiger partial charge is 0.396 e. The van der Waals surface area contributed by atoms with Crippen molar-refractivity contribution in [1.29, 1.82) is 0 Å². The van der Waals surface area contributed by atoms with E-state index in [2.05, 4.69) is 10.1 Å². The maximum atomic E-state index is 12.8. The normalized spacial score (nSPS) is 11.0. The molecule has 0 radical (unpaired) electrons. The van der Waals surface area contributed by atoms with Crippen LogP contribution >= 0.6 is 11.6 Å². The Hall–Kier alpha value is -2.14. The molecule has 3 rings (SSSR count). The molecule has 0 aliphatic heterocycles. The standard InChI is InChI=1S/C12H8ClFN4/c13-8-5-10(15)12-16-11(17-18(12)6-8)7-1-3-9(14)4-2-7/h1-6H,15H2. The second-order valence-electron chi connectivity index (χ2n) is 3.82. The highest BCUT2D eigenvalue weighted by atomic mass is 35.5. The molecule has 1 aromatic carbocycles. The second-order valence-corrected chi connectivity index (χ2v) is 4.26. The first kappa shape index (κ1) is 11.0. The summed E-state index contributed by atoms with van der Waals surface area (Å²) in [5.74, 6) is 0.175. The van der Waals surface area contributed by atoms with Crippen LogP contribution in [-0.4, -0.2) is 14.6 Å². The average Bonchev–Trinajstić information content (AvgIpc) is 2.74. The van der Waals surface area contributed by atoms with Crippen molar-refractivity contribution in [3.63, 3.8) is 0 Å². The van der Waals surface area contributed by atoms with Gasteiger partial charge < -0.3 is 5.73 Å². The van der Waals surface area contributed by atoms with Crippen LogP contribution in [0.1, 0.15) is 0 Å². The van der Waals surface area contributed by atoms with Gasteiger partial charge in [-0.1, -0.05) is 11.6 Å². The first-order valence-corrected chi connectivity index (χ1v) is 5.58. The first-order chi connectivity index (χ1) is 8.63. The molecular formula is C12H8ClFN4. The van der Waals surface area contributed by atoms with E-state index in [1.807, 2.05) is 0 Å². The van der Waals surface area contributed by atoms with Crippen LogP contribution in [0.25, 0.3) is 17.0 Å². The van der Waals surface area contributed by atoms with E-state index in [1.165, 1.54) is 16.6 Å². The van der Waals surface area contributed by atoms with Crippen molar-refractivity contribution in [3.8, 4) is 11.4 Å². The minimum atomic E-state index is -0.301. The zero-order chi connectivity index (χ0) is 12.7. The molecule has 2 N–H and O–H groups in total. The molecule has 90 valence electrons. The lowest BCUT2D eigenvalue weighted by Crippen LogP contribution is -1.93. The molecule has 18 heavy (non-hydrogen) atoms. The van der Waals surface area contributed by atoms with Gasteiger partial charge in [-0.15, -0.1) is 5.10 Å². The topological polar surface area (TPSA) is 56.2 Å². The van der Waals surface area contributed by atoms with Crippen molar-refractivity contribution in [2.45, 2.75) is 0 Å². The van der Waals surface area contributed by atoms with E-state index < -0.39 is 0 Å². The van der Waals surface area contributed by atoms with Crippen molar-refractivity contribution in [1.82, 2.24) is 14.6 Å². The lowest BCUT2D eigenvalue weighted by Gasteiger charge is -1.95. The van der Waals surface area contributed by atoms with Crippen molar-refractivity contribution in [2.75, 3.05) is 5.73 Å². The van der Waals surface area contributed by atoms with Crippen molar-refractivity contribution >= 4 is 22.9 Å². The minimum Gasteiger partial charge on any atom is -0.396 e. The Labute approximate surface area is 107 Å². The molecule has 6 heteroatoms. The summed E-state index contributed by atoms with van der Waals surface area (Å²) in [4.78, 5) is 4.30. The lowest BCUT2D eigenvalue weighted by molar-refractivity contribution is 0.628. The fourth-order valence-electron chi connectivity index (χ4n) is 1.70. The molecule has 0 spiro atoms. The van der Waals surface area contributed by atoms with E-state index >= 15 is 0 Å². The number of hydrogen-bond donors (Lipinski definition) is 1. The maximum Gasteiger partial charge on any atom is 0.182 e. The Balaban J connectivity index is 2.19. The Morgan fingerprint density at radius 2 is 1.94 bits per heavy atom. The average molecular weight is 263 g/mol. The molecule has 2 aromatic heterocycles. The summed E-state index contributed by atoms with van der Waals surface area (Å²) in [5.41, 5.74) is 7.50. The van der Waals surface area contributed by atoms with Crippen LogP contribution in [0.5, 0.6) is 0 Å². The molecule has 4 nitrogen and oxygen atoms in total. The molecule has 0 unspecified atom stereocenters. The highest BCUT2D eigenvalue weighted by Crippen LogP contribution is 2.22. The summed E-state index contributed by atoms with van der Waals surface area (Å²) < 4.78 is 14.4. The Morgan fingerprint density at radius 1 is 1.22 bits per heavy atom. The Bertz CT molecular complexity index is 721. The molecule has 0 aliphatic rings. The van der Waals surface area contributed by atoms with Crippen LogP contribution in [0.15, 0.2) is 36.5 Å². The molecule has 0 aliphatic carbocycles. The van der Waals surface area contributed by atoms with Gasteiger partial charge in [-0.25, -0.2) is 13.9 Å². The summed E-state index contributed by atoms with van der Waals surface area (Å²) in [7, 11) is 0. The van der Waals surface area contributed by atoms with Gasteiger partial charge in [0.2, 0.25) is 0 Å². The van der Waals surface area contributed by atoms with Crippen LogP contribution in [0.4, 0.5) is 10.1 Å². The van der Waals surface area contributed by atoms with E-state index in [0.29, 0.717) is 22.2 Å². The lowest BCUT2D eigenvalue weighted by atomic mass is 10.2. The highest BCUT2D eigenvalue weighted by molar-refractivity contribution is 6.30.